The van der Waals surface area contributed by atoms with Gasteiger partial charge in [0.2, 0.25) is 23.6 Å². The molecule has 18 heteroatoms. The summed E-state index contributed by atoms with van der Waals surface area (Å²) in [4.78, 5) is 76.2. The van der Waals surface area contributed by atoms with E-state index in [1.807, 2.05) is 0 Å². The molecule has 0 aliphatic heterocycles. The Bertz CT molecular complexity index is 1300. The van der Waals surface area contributed by atoms with Crippen LogP contribution in [0.2, 0.25) is 0 Å². The van der Waals surface area contributed by atoms with Crippen LogP contribution in [0, 0.1) is 5.92 Å². The summed E-state index contributed by atoms with van der Waals surface area (Å²) in [6, 6.07) is -1.05. The van der Waals surface area contributed by atoms with E-state index >= 15 is 0 Å². The molecule has 0 radical (unpaired) electrons. The number of hydrogen-bond acceptors (Lipinski definition) is 12. The lowest BCUT2D eigenvalue weighted by atomic mass is 10.0. The molecule has 1 aromatic rings. The molecule has 268 valence electrons. The van der Waals surface area contributed by atoms with Crippen molar-refractivity contribution in [3.8, 4) is 5.75 Å². The second-order valence-electron chi connectivity index (χ2n) is 11.6. The van der Waals surface area contributed by atoms with Crippen LogP contribution >= 0.6 is 0 Å². The minimum absolute atomic E-state index is 0.0272. The van der Waals surface area contributed by atoms with E-state index < -0.39 is 78.1 Å². The second-order valence-corrected chi connectivity index (χ2v) is 11.6. The van der Waals surface area contributed by atoms with E-state index in [9.17, 15) is 44.1 Å². The molecule has 48 heavy (non-hydrogen) atoms. The average molecular weight is 680 g/mol. The van der Waals surface area contributed by atoms with Crippen LogP contribution < -0.4 is 49.9 Å². The first-order valence-electron chi connectivity index (χ1n) is 15.4. The highest BCUT2D eigenvalue weighted by Gasteiger charge is 2.34. The molecule has 0 aromatic heterocycles. The summed E-state index contributed by atoms with van der Waals surface area (Å²) in [5.74, 6) is -7.04. The van der Waals surface area contributed by atoms with Gasteiger partial charge in [0.05, 0.1) is 12.5 Å². The number of carboxylic acids is 2. The maximum atomic E-state index is 13.3. The highest BCUT2D eigenvalue weighted by Crippen LogP contribution is 2.13. The second kappa shape index (κ2) is 20.2. The maximum absolute atomic E-state index is 13.3. The number of aliphatic carboxylic acids is 2. The summed E-state index contributed by atoms with van der Waals surface area (Å²) in [6.07, 6.45) is 0.112. The van der Waals surface area contributed by atoms with Crippen molar-refractivity contribution in [1.82, 2.24) is 21.3 Å². The lowest BCUT2D eigenvalue weighted by Crippen LogP contribution is -2.59. The Morgan fingerprint density at radius 2 is 1.31 bits per heavy atom. The summed E-state index contributed by atoms with van der Waals surface area (Å²) >= 11 is 0. The zero-order valence-electron chi connectivity index (χ0n) is 27.1. The lowest BCUT2D eigenvalue weighted by molar-refractivity contribution is -0.143. The first-order valence-corrected chi connectivity index (χ1v) is 15.4. The zero-order chi connectivity index (χ0) is 36.6. The molecule has 0 aliphatic carbocycles. The van der Waals surface area contributed by atoms with Crippen LogP contribution in [0.1, 0.15) is 57.9 Å². The predicted octanol–water partition coefficient (Wildman–Crippen LogP) is -2.63. The zero-order valence-corrected chi connectivity index (χ0v) is 27.1. The fourth-order valence-electron chi connectivity index (χ4n) is 4.40. The fraction of sp³-hybridized carbons (Fsp3) is 0.533. The van der Waals surface area contributed by atoms with Crippen LogP contribution in [0.5, 0.6) is 5.75 Å². The minimum Gasteiger partial charge on any atom is -0.508 e. The highest BCUT2D eigenvalue weighted by atomic mass is 16.4. The SMILES string of the molecule is CC(C)C(NC(=O)C(CC(=O)O)NC(=O)C(CCCCN)NC(=O)C(N)CCC(N)=C(N)N)C(=O)NC(Cc1ccc(O)cc1)C(=O)O. The Kier molecular flexibility index (Phi) is 17.2. The normalized spacial score (nSPS) is 14.0. The number of phenols is 1. The largest absolute Gasteiger partial charge is 0.508 e. The lowest BCUT2D eigenvalue weighted by Gasteiger charge is -2.27. The van der Waals surface area contributed by atoms with Gasteiger partial charge in [-0.15, -0.1) is 0 Å². The van der Waals surface area contributed by atoms with Crippen molar-refractivity contribution in [2.75, 3.05) is 6.54 Å². The molecule has 0 heterocycles. The molecule has 0 saturated heterocycles. The van der Waals surface area contributed by atoms with Gasteiger partial charge < -0.3 is 65.3 Å². The first-order chi connectivity index (χ1) is 22.5. The molecule has 5 atom stereocenters. The van der Waals surface area contributed by atoms with Crippen molar-refractivity contribution < 1.29 is 44.1 Å². The Morgan fingerprint density at radius 1 is 0.750 bits per heavy atom. The van der Waals surface area contributed by atoms with E-state index in [1.54, 1.807) is 13.8 Å². The number of carbonyl (C=O) groups is 6. The van der Waals surface area contributed by atoms with Gasteiger partial charge in [-0.25, -0.2) is 4.79 Å². The van der Waals surface area contributed by atoms with Crippen molar-refractivity contribution in [3.63, 3.8) is 0 Å². The fourth-order valence-corrected chi connectivity index (χ4v) is 4.40. The number of allylic oxidation sites excluding steroid dienone is 1. The monoisotopic (exact) mass is 679 g/mol. The molecular weight excluding hydrogens is 630 g/mol. The van der Waals surface area contributed by atoms with Gasteiger partial charge in [-0.3, -0.25) is 24.0 Å². The van der Waals surface area contributed by atoms with E-state index in [2.05, 4.69) is 21.3 Å². The van der Waals surface area contributed by atoms with E-state index in [4.69, 9.17) is 28.7 Å². The third-order valence-corrected chi connectivity index (χ3v) is 7.26. The molecule has 0 fully saturated rings. The third-order valence-electron chi connectivity index (χ3n) is 7.26. The van der Waals surface area contributed by atoms with Gasteiger partial charge in [0, 0.05) is 12.1 Å². The van der Waals surface area contributed by atoms with Crippen LogP contribution in [0.4, 0.5) is 0 Å². The molecule has 0 bridgehead atoms. The Hall–Kier alpha value is -5.10. The third kappa shape index (κ3) is 14.5. The molecular formula is C30H49N9O9. The minimum atomic E-state index is -1.68. The van der Waals surface area contributed by atoms with E-state index in [0.29, 0.717) is 24.9 Å². The molecule has 1 rings (SSSR count). The Morgan fingerprint density at radius 3 is 1.83 bits per heavy atom. The number of rotatable bonds is 21. The molecule has 17 N–H and O–H groups in total. The number of carbonyl (C=O) groups excluding carboxylic acids is 4. The van der Waals surface area contributed by atoms with Crippen molar-refractivity contribution in [3.05, 3.63) is 41.3 Å². The van der Waals surface area contributed by atoms with E-state index in [1.165, 1.54) is 24.3 Å². The van der Waals surface area contributed by atoms with Gasteiger partial charge in [0.1, 0.15) is 35.7 Å². The summed E-state index contributed by atoms with van der Waals surface area (Å²) in [7, 11) is 0. The number of carboxylic acid groups (broad SMARTS) is 2. The smallest absolute Gasteiger partial charge is 0.326 e. The number of unbranched alkanes of at least 4 members (excludes halogenated alkanes) is 1. The summed E-state index contributed by atoms with van der Waals surface area (Å²) in [5.41, 5.74) is 28.7. The maximum Gasteiger partial charge on any atom is 0.326 e. The van der Waals surface area contributed by atoms with Crippen LogP contribution in [-0.2, 0) is 35.2 Å². The average Bonchev–Trinajstić information content (AvgIpc) is 3.01. The first kappa shape index (κ1) is 40.9. The van der Waals surface area contributed by atoms with Crippen LogP contribution in [-0.4, -0.2) is 87.6 Å². The molecule has 0 saturated carbocycles. The van der Waals surface area contributed by atoms with Gasteiger partial charge in [0.25, 0.3) is 0 Å². The molecule has 4 amide bonds. The number of hydrogen-bond donors (Lipinski definition) is 12. The van der Waals surface area contributed by atoms with Crippen LogP contribution in [0.25, 0.3) is 0 Å². The van der Waals surface area contributed by atoms with Gasteiger partial charge >= 0.3 is 11.9 Å². The standard InChI is InChI=1S/C30H49N9O9/c1-15(2)24(29(46)38-22(30(47)48)13-16-6-8-17(40)9-7-16)39-28(45)21(14-23(41)42)37-27(44)20(5-3-4-12-31)36-26(43)19(33)11-10-18(32)25(34)35/h6-9,15,19-22,24,40H,3-5,10-14,31-35H2,1-2H3,(H,36,43)(H,37,44)(H,38,46)(H,39,45)(H,41,42)(H,47,48). The highest BCUT2D eigenvalue weighted by molar-refractivity contribution is 5.96. The number of benzene rings is 1. The quantitative estimate of drug-likeness (QED) is 0.0592. The number of nitrogens with two attached hydrogens (primary N) is 5. The van der Waals surface area contributed by atoms with Crippen molar-refractivity contribution in [2.24, 2.45) is 34.6 Å². The Balaban J connectivity index is 3.11. The molecule has 1 aromatic carbocycles. The van der Waals surface area contributed by atoms with Crippen LogP contribution in [0.3, 0.4) is 0 Å². The molecule has 5 unspecified atom stereocenters. The molecule has 0 aliphatic rings. The number of nitrogens with one attached hydrogen (secondary N) is 4. The van der Waals surface area contributed by atoms with Gasteiger partial charge in [-0.2, -0.15) is 0 Å². The summed E-state index contributed by atoms with van der Waals surface area (Å²) in [5, 5.41) is 38.3. The van der Waals surface area contributed by atoms with Gasteiger partial charge in [-0.05, 0) is 62.3 Å². The van der Waals surface area contributed by atoms with Crippen molar-refractivity contribution in [2.45, 2.75) is 89.0 Å². The predicted molar refractivity (Wildman–Crippen MR) is 174 cm³/mol. The number of amides is 4. The summed E-state index contributed by atoms with van der Waals surface area (Å²) in [6.45, 7) is 3.44. The molecule has 18 nitrogen and oxygen atoms in total. The topological polar surface area (TPSA) is 341 Å². The Labute approximate surface area is 278 Å². The van der Waals surface area contributed by atoms with E-state index in [-0.39, 0.29) is 43.0 Å². The van der Waals surface area contributed by atoms with Gasteiger partial charge in [0.15, 0.2) is 0 Å². The van der Waals surface area contributed by atoms with E-state index in [0.717, 1.165) is 0 Å². The van der Waals surface area contributed by atoms with Gasteiger partial charge in [-0.1, -0.05) is 26.0 Å². The van der Waals surface area contributed by atoms with Crippen molar-refractivity contribution in [1.29, 1.82) is 0 Å². The number of aromatic hydroxyl groups is 1. The molecule has 0 spiro atoms. The number of phenolic OH excluding ortho intramolecular Hbond substituents is 1. The van der Waals surface area contributed by atoms with Crippen LogP contribution in [0.15, 0.2) is 35.8 Å². The summed E-state index contributed by atoms with van der Waals surface area (Å²) < 4.78 is 0. The van der Waals surface area contributed by atoms with Crippen molar-refractivity contribution >= 4 is 35.6 Å².